The Hall–Kier alpha value is -1.51. The van der Waals surface area contributed by atoms with Gasteiger partial charge in [0.15, 0.2) is 0 Å². The van der Waals surface area contributed by atoms with Crippen molar-refractivity contribution in [2.45, 2.75) is 32.7 Å². The van der Waals surface area contributed by atoms with E-state index in [1.54, 1.807) is 0 Å². The number of rotatable bonds is 3. The fourth-order valence-corrected chi connectivity index (χ4v) is 2.72. The summed E-state index contributed by atoms with van der Waals surface area (Å²) >= 11 is 0. The minimum atomic E-state index is -0.691. The van der Waals surface area contributed by atoms with E-state index >= 15 is 0 Å². The van der Waals surface area contributed by atoms with Crippen molar-refractivity contribution >= 4 is 11.7 Å². The highest BCUT2D eigenvalue weighted by Crippen LogP contribution is 2.42. The minimum Gasteiger partial charge on any atom is -0.481 e. The second-order valence-electron chi connectivity index (χ2n) is 5.63. The monoisotopic (exact) mass is 233 g/mol. The lowest BCUT2D eigenvalue weighted by atomic mass is 9.90. The molecule has 3 nitrogen and oxygen atoms in total. The Morgan fingerprint density at radius 3 is 2.53 bits per heavy atom. The van der Waals surface area contributed by atoms with Gasteiger partial charge in [-0.15, -0.1) is 0 Å². The van der Waals surface area contributed by atoms with E-state index < -0.39 is 5.97 Å². The molecule has 2 unspecified atom stereocenters. The van der Waals surface area contributed by atoms with E-state index in [2.05, 4.69) is 19.2 Å². The second kappa shape index (κ2) is 4.40. The number of aliphatic carboxylic acids is 1. The molecule has 92 valence electrons. The van der Waals surface area contributed by atoms with Crippen LogP contribution in [0.3, 0.4) is 0 Å². The van der Waals surface area contributed by atoms with Crippen LogP contribution in [0.2, 0.25) is 0 Å². The molecule has 0 radical (unpaired) electrons. The van der Waals surface area contributed by atoms with Gasteiger partial charge in [-0.3, -0.25) is 4.79 Å². The molecule has 0 spiro atoms. The predicted octanol–water partition coefficient (Wildman–Crippen LogP) is 2.99. The summed E-state index contributed by atoms with van der Waals surface area (Å²) in [7, 11) is 0. The van der Waals surface area contributed by atoms with E-state index in [9.17, 15) is 9.90 Å². The topological polar surface area (TPSA) is 49.3 Å². The first-order valence-electron chi connectivity index (χ1n) is 6.02. The molecule has 0 aromatic heterocycles. The van der Waals surface area contributed by atoms with Crippen molar-refractivity contribution in [3.63, 3.8) is 0 Å². The van der Waals surface area contributed by atoms with Crippen LogP contribution in [0.15, 0.2) is 30.3 Å². The zero-order valence-corrected chi connectivity index (χ0v) is 10.3. The molecule has 0 bridgehead atoms. The third-order valence-corrected chi connectivity index (χ3v) is 3.47. The molecule has 2 N–H and O–H groups in total. The lowest BCUT2D eigenvalue weighted by Crippen LogP contribution is -2.29. The van der Waals surface area contributed by atoms with Gasteiger partial charge in [-0.25, -0.2) is 0 Å². The highest BCUT2D eigenvalue weighted by molar-refractivity contribution is 5.72. The molecular formula is C14H19NO2. The molecule has 0 saturated heterocycles. The average Bonchev–Trinajstić information content (AvgIpc) is 2.55. The molecule has 1 aromatic carbocycles. The number of para-hydroxylation sites is 1. The molecule has 0 amide bonds. The number of carboxylic acid groups (broad SMARTS) is 1. The summed E-state index contributed by atoms with van der Waals surface area (Å²) < 4.78 is 0. The molecule has 3 heteroatoms. The Bertz CT molecular complexity index is 400. The van der Waals surface area contributed by atoms with Gasteiger partial charge < -0.3 is 10.4 Å². The van der Waals surface area contributed by atoms with Crippen molar-refractivity contribution in [1.82, 2.24) is 0 Å². The number of hydrogen-bond acceptors (Lipinski definition) is 2. The van der Waals surface area contributed by atoms with Crippen LogP contribution < -0.4 is 5.32 Å². The van der Waals surface area contributed by atoms with Crippen LogP contribution in [-0.2, 0) is 4.79 Å². The molecule has 1 fully saturated rings. The number of carbonyl (C=O) groups is 1. The van der Waals surface area contributed by atoms with Crippen molar-refractivity contribution < 1.29 is 9.90 Å². The standard InChI is InChI=1S/C14H19NO2/c1-14(2)8-11(13(16)17)12(9-14)15-10-6-4-3-5-7-10/h3-7,11-12,15H,8-9H2,1-2H3,(H,16,17). The molecule has 1 saturated carbocycles. The molecule has 0 aliphatic heterocycles. The summed E-state index contributed by atoms with van der Waals surface area (Å²) in [6, 6.07) is 9.86. The molecule has 1 aromatic rings. The number of hydrogen-bond donors (Lipinski definition) is 2. The molecule has 2 rings (SSSR count). The highest BCUT2D eigenvalue weighted by Gasteiger charge is 2.42. The van der Waals surface area contributed by atoms with E-state index in [4.69, 9.17) is 0 Å². The summed E-state index contributed by atoms with van der Waals surface area (Å²) in [5.74, 6) is -0.978. The summed E-state index contributed by atoms with van der Waals surface area (Å²) in [4.78, 5) is 11.2. The third kappa shape index (κ3) is 2.78. The summed E-state index contributed by atoms with van der Waals surface area (Å²) in [6.45, 7) is 4.27. The van der Waals surface area contributed by atoms with Gasteiger partial charge in [-0.05, 0) is 30.4 Å². The van der Waals surface area contributed by atoms with Crippen LogP contribution in [0.1, 0.15) is 26.7 Å². The van der Waals surface area contributed by atoms with Crippen molar-refractivity contribution in [3.05, 3.63) is 30.3 Å². The minimum absolute atomic E-state index is 0.0323. The first-order chi connectivity index (χ1) is 7.98. The number of anilines is 1. The maximum Gasteiger partial charge on any atom is 0.308 e. The van der Waals surface area contributed by atoms with Crippen LogP contribution in [0.5, 0.6) is 0 Å². The van der Waals surface area contributed by atoms with Gasteiger partial charge in [0.1, 0.15) is 0 Å². The van der Waals surface area contributed by atoms with Gasteiger partial charge in [0, 0.05) is 11.7 Å². The Morgan fingerprint density at radius 2 is 1.94 bits per heavy atom. The largest absolute Gasteiger partial charge is 0.481 e. The zero-order chi connectivity index (χ0) is 12.5. The fraction of sp³-hybridized carbons (Fsp3) is 0.500. The normalized spacial score (nSPS) is 26.7. The molecule has 0 heterocycles. The average molecular weight is 233 g/mol. The van der Waals surface area contributed by atoms with Crippen molar-refractivity contribution in [2.75, 3.05) is 5.32 Å². The van der Waals surface area contributed by atoms with E-state index in [1.165, 1.54) is 0 Å². The molecule has 1 aliphatic carbocycles. The van der Waals surface area contributed by atoms with E-state index in [1.807, 2.05) is 30.3 Å². The molecule has 17 heavy (non-hydrogen) atoms. The Labute approximate surface area is 102 Å². The first kappa shape index (κ1) is 12.0. The Morgan fingerprint density at radius 1 is 1.29 bits per heavy atom. The SMILES string of the molecule is CC1(C)CC(Nc2ccccc2)C(C(=O)O)C1. The molecule has 1 aliphatic rings. The van der Waals surface area contributed by atoms with Crippen LogP contribution in [0, 0.1) is 11.3 Å². The smallest absolute Gasteiger partial charge is 0.308 e. The van der Waals surface area contributed by atoms with Gasteiger partial charge in [0.25, 0.3) is 0 Å². The van der Waals surface area contributed by atoms with Crippen LogP contribution in [-0.4, -0.2) is 17.1 Å². The number of nitrogens with one attached hydrogen (secondary N) is 1. The van der Waals surface area contributed by atoms with E-state index in [0.29, 0.717) is 0 Å². The van der Waals surface area contributed by atoms with Gasteiger partial charge in [0.05, 0.1) is 5.92 Å². The van der Waals surface area contributed by atoms with Gasteiger partial charge >= 0.3 is 5.97 Å². The third-order valence-electron chi connectivity index (χ3n) is 3.47. The number of benzene rings is 1. The predicted molar refractivity (Wildman–Crippen MR) is 68.0 cm³/mol. The first-order valence-corrected chi connectivity index (χ1v) is 6.02. The Kier molecular flexibility index (Phi) is 3.09. The number of carboxylic acids is 1. The fourth-order valence-electron chi connectivity index (χ4n) is 2.72. The van der Waals surface area contributed by atoms with Crippen molar-refractivity contribution in [3.8, 4) is 0 Å². The zero-order valence-electron chi connectivity index (χ0n) is 10.3. The quantitative estimate of drug-likeness (QED) is 0.843. The summed E-state index contributed by atoms with van der Waals surface area (Å²) in [5.41, 5.74) is 1.11. The summed E-state index contributed by atoms with van der Waals surface area (Å²) in [5, 5.41) is 12.6. The van der Waals surface area contributed by atoms with Crippen LogP contribution in [0.25, 0.3) is 0 Å². The second-order valence-corrected chi connectivity index (χ2v) is 5.63. The van der Waals surface area contributed by atoms with Crippen LogP contribution in [0.4, 0.5) is 5.69 Å². The van der Waals surface area contributed by atoms with Gasteiger partial charge in [0.2, 0.25) is 0 Å². The van der Waals surface area contributed by atoms with Gasteiger partial charge in [-0.1, -0.05) is 32.0 Å². The van der Waals surface area contributed by atoms with Crippen molar-refractivity contribution in [1.29, 1.82) is 0 Å². The van der Waals surface area contributed by atoms with E-state index in [-0.39, 0.29) is 17.4 Å². The van der Waals surface area contributed by atoms with Gasteiger partial charge in [-0.2, -0.15) is 0 Å². The molecular weight excluding hydrogens is 214 g/mol. The lowest BCUT2D eigenvalue weighted by molar-refractivity contribution is -0.141. The summed E-state index contributed by atoms with van der Waals surface area (Å²) in [6.07, 6.45) is 1.64. The van der Waals surface area contributed by atoms with E-state index in [0.717, 1.165) is 18.5 Å². The highest BCUT2D eigenvalue weighted by atomic mass is 16.4. The maximum absolute atomic E-state index is 11.2. The molecule has 2 atom stereocenters. The maximum atomic E-state index is 11.2. The van der Waals surface area contributed by atoms with Crippen molar-refractivity contribution in [2.24, 2.45) is 11.3 Å². The van der Waals surface area contributed by atoms with Crippen LogP contribution >= 0.6 is 0 Å². The lowest BCUT2D eigenvalue weighted by Gasteiger charge is -2.19. The Balaban J connectivity index is 2.12.